The van der Waals surface area contributed by atoms with Crippen LogP contribution in [0.4, 0.5) is 0 Å². The third kappa shape index (κ3) is 7.02. The summed E-state index contributed by atoms with van der Waals surface area (Å²) in [5.41, 5.74) is 0.402. The molecule has 1 aromatic carbocycles. The Morgan fingerprint density at radius 1 is 1.24 bits per heavy atom. The molecule has 0 heterocycles. The van der Waals surface area contributed by atoms with E-state index in [1.165, 1.54) is 0 Å². The van der Waals surface area contributed by atoms with Gasteiger partial charge in [-0.2, -0.15) is 0 Å². The van der Waals surface area contributed by atoms with E-state index in [0.29, 0.717) is 25.6 Å². The van der Waals surface area contributed by atoms with Gasteiger partial charge in [-0.3, -0.25) is 9.79 Å². The molecule has 1 aliphatic rings. The van der Waals surface area contributed by atoms with Crippen LogP contribution in [0.15, 0.2) is 29.3 Å². The molecule has 164 valence electrons. The van der Waals surface area contributed by atoms with Crippen molar-refractivity contribution in [3.05, 3.63) is 29.8 Å². The first-order valence-electron chi connectivity index (χ1n) is 9.98. The summed E-state index contributed by atoms with van der Waals surface area (Å²) in [7, 11) is 5.23. The maximum absolute atomic E-state index is 12.7. The summed E-state index contributed by atoms with van der Waals surface area (Å²) in [6, 6.07) is 7.35. The maximum atomic E-state index is 12.7. The monoisotopic (exact) mass is 518 g/mol. The van der Waals surface area contributed by atoms with Crippen molar-refractivity contribution < 1.29 is 14.6 Å². The molecular weight excluding hydrogens is 483 g/mol. The van der Waals surface area contributed by atoms with Gasteiger partial charge in [-0.25, -0.2) is 0 Å². The maximum Gasteiger partial charge on any atom is 0.230 e. The summed E-state index contributed by atoms with van der Waals surface area (Å²) in [4.78, 5) is 19.1. The summed E-state index contributed by atoms with van der Waals surface area (Å²) < 4.78 is 5.15. The minimum Gasteiger partial charge on any atom is -0.497 e. The largest absolute Gasteiger partial charge is 0.497 e. The van der Waals surface area contributed by atoms with Gasteiger partial charge in [0.2, 0.25) is 5.91 Å². The van der Waals surface area contributed by atoms with Gasteiger partial charge in [-0.15, -0.1) is 24.0 Å². The molecule has 1 aliphatic carbocycles. The predicted octanol–water partition coefficient (Wildman–Crippen LogP) is 2.55. The average molecular weight is 518 g/mol. The summed E-state index contributed by atoms with van der Waals surface area (Å²) >= 11 is 0. The molecule has 1 unspecified atom stereocenters. The molecule has 7 nitrogen and oxygen atoms in total. The number of hydrogen-bond acceptors (Lipinski definition) is 4. The summed E-state index contributed by atoms with van der Waals surface area (Å²) in [5.74, 6) is 1.53. The molecule has 1 atom stereocenters. The van der Waals surface area contributed by atoms with Crippen LogP contribution in [-0.4, -0.2) is 62.7 Å². The Labute approximate surface area is 191 Å². The van der Waals surface area contributed by atoms with Crippen LogP contribution in [0.25, 0.3) is 0 Å². The fraction of sp³-hybridized carbons (Fsp3) is 0.619. The Bertz CT molecular complexity index is 658. The van der Waals surface area contributed by atoms with Crippen LogP contribution >= 0.6 is 24.0 Å². The number of benzene rings is 1. The van der Waals surface area contributed by atoms with Gasteiger partial charge >= 0.3 is 0 Å². The van der Waals surface area contributed by atoms with Gasteiger partial charge in [0, 0.05) is 27.2 Å². The zero-order valence-corrected chi connectivity index (χ0v) is 20.2. The van der Waals surface area contributed by atoms with Gasteiger partial charge in [0.15, 0.2) is 5.96 Å². The van der Waals surface area contributed by atoms with E-state index in [1.54, 1.807) is 26.1 Å². The number of guanidine groups is 1. The van der Waals surface area contributed by atoms with Gasteiger partial charge in [0.05, 0.1) is 25.2 Å². The number of aliphatic hydroxyl groups excluding tert-OH is 1. The second kappa shape index (κ2) is 12.2. The second-order valence-electron chi connectivity index (χ2n) is 7.55. The smallest absolute Gasteiger partial charge is 0.230 e. The minimum absolute atomic E-state index is 0. The van der Waals surface area contributed by atoms with Crippen LogP contribution in [0, 0.1) is 5.41 Å². The molecule has 1 aromatic rings. The molecule has 0 radical (unpaired) electrons. The van der Waals surface area contributed by atoms with Gasteiger partial charge in [0.1, 0.15) is 5.75 Å². The number of nitrogens with zero attached hydrogens (tertiary/aromatic N) is 2. The van der Waals surface area contributed by atoms with E-state index in [9.17, 15) is 9.90 Å². The molecule has 0 aliphatic heterocycles. The number of halogens is 1. The SMILES string of the molecule is CCNC(=NCC1(C(=O)N(C)C)CCCC1)NCC(O)c1ccc(OC)cc1.I. The molecule has 0 aromatic heterocycles. The van der Waals surface area contributed by atoms with Crippen molar-refractivity contribution >= 4 is 35.8 Å². The van der Waals surface area contributed by atoms with Crippen LogP contribution in [0.2, 0.25) is 0 Å². The van der Waals surface area contributed by atoms with E-state index >= 15 is 0 Å². The van der Waals surface area contributed by atoms with E-state index in [4.69, 9.17) is 4.74 Å². The lowest BCUT2D eigenvalue weighted by Crippen LogP contribution is -2.43. The normalized spacial score (nSPS) is 16.5. The molecular formula is C21H35IN4O3. The number of carbonyl (C=O) groups is 1. The van der Waals surface area contributed by atoms with Crippen molar-refractivity contribution in [2.24, 2.45) is 10.4 Å². The third-order valence-electron chi connectivity index (χ3n) is 5.27. The molecule has 0 saturated heterocycles. The van der Waals surface area contributed by atoms with E-state index in [-0.39, 0.29) is 29.9 Å². The van der Waals surface area contributed by atoms with Crippen LogP contribution in [0.5, 0.6) is 5.75 Å². The summed E-state index contributed by atoms with van der Waals surface area (Å²) in [6.45, 7) is 3.48. The first kappa shape index (κ1) is 25.5. The Kier molecular flexibility index (Phi) is 10.7. The zero-order chi connectivity index (χ0) is 20.6. The van der Waals surface area contributed by atoms with E-state index in [0.717, 1.165) is 37.0 Å². The van der Waals surface area contributed by atoms with Crippen molar-refractivity contribution in [1.29, 1.82) is 0 Å². The fourth-order valence-corrected chi connectivity index (χ4v) is 3.68. The van der Waals surface area contributed by atoms with Gasteiger partial charge in [0.25, 0.3) is 0 Å². The molecule has 29 heavy (non-hydrogen) atoms. The number of nitrogens with one attached hydrogen (secondary N) is 2. The Balaban J connectivity index is 0.00000420. The lowest BCUT2D eigenvalue weighted by Gasteiger charge is -2.29. The Hall–Kier alpha value is -1.55. The summed E-state index contributed by atoms with van der Waals surface area (Å²) in [5, 5.41) is 16.8. The lowest BCUT2D eigenvalue weighted by molar-refractivity contribution is -0.138. The molecule has 0 spiro atoms. The zero-order valence-electron chi connectivity index (χ0n) is 17.9. The van der Waals surface area contributed by atoms with E-state index in [2.05, 4.69) is 15.6 Å². The lowest BCUT2D eigenvalue weighted by atomic mass is 9.85. The Morgan fingerprint density at radius 2 is 1.86 bits per heavy atom. The topological polar surface area (TPSA) is 86.2 Å². The molecule has 8 heteroatoms. The molecule has 3 N–H and O–H groups in total. The van der Waals surface area contributed by atoms with Crippen molar-refractivity contribution in [2.45, 2.75) is 38.7 Å². The second-order valence-corrected chi connectivity index (χ2v) is 7.55. The first-order valence-corrected chi connectivity index (χ1v) is 9.98. The number of hydrogen-bond donors (Lipinski definition) is 3. The number of carbonyl (C=O) groups excluding carboxylic acids is 1. The van der Waals surface area contributed by atoms with Crippen LogP contribution in [0.3, 0.4) is 0 Å². The van der Waals surface area contributed by atoms with Crippen LogP contribution < -0.4 is 15.4 Å². The van der Waals surface area contributed by atoms with E-state index in [1.807, 2.05) is 31.2 Å². The standard InChI is InChI=1S/C21H34N4O3.HI/c1-5-22-20(23-14-18(26)16-8-10-17(28-4)11-9-16)24-15-21(12-6-7-13-21)19(27)25(2)3;/h8-11,18,26H,5-7,12-15H2,1-4H3,(H2,22,23,24);1H. The fourth-order valence-electron chi connectivity index (χ4n) is 3.68. The molecule has 1 saturated carbocycles. The number of rotatable bonds is 8. The number of aliphatic imine (C=N–C) groups is 1. The average Bonchev–Trinajstić information content (AvgIpc) is 3.19. The van der Waals surface area contributed by atoms with Crippen molar-refractivity contribution in [3.63, 3.8) is 0 Å². The van der Waals surface area contributed by atoms with Crippen molar-refractivity contribution in [1.82, 2.24) is 15.5 Å². The highest BCUT2D eigenvalue weighted by Gasteiger charge is 2.42. The molecule has 0 bridgehead atoms. The van der Waals surface area contributed by atoms with Crippen LogP contribution in [-0.2, 0) is 4.79 Å². The Morgan fingerprint density at radius 3 is 2.38 bits per heavy atom. The highest BCUT2D eigenvalue weighted by atomic mass is 127. The first-order chi connectivity index (χ1) is 13.4. The number of methoxy groups -OCH3 is 1. The number of aliphatic hydroxyl groups is 1. The van der Waals surface area contributed by atoms with Crippen LogP contribution in [0.1, 0.15) is 44.3 Å². The van der Waals surface area contributed by atoms with Gasteiger partial charge in [-0.05, 0) is 37.5 Å². The highest BCUT2D eigenvalue weighted by Crippen LogP contribution is 2.39. The number of ether oxygens (including phenoxy) is 1. The third-order valence-corrected chi connectivity index (χ3v) is 5.27. The summed E-state index contributed by atoms with van der Waals surface area (Å²) in [6.07, 6.45) is 3.21. The molecule has 2 rings (SSSR count). The van der Waals surface area contributed by atoms with Gasteiger partial charge < -0.3 is 25.4 Å². The van der Waals surface area contributed by atoms with Gasteiger partial charge in [-0.1, -0.05) is 25.0 Å². The van der Waals surface area contributed by atoms with Crippen molar-refractivity contribution in [3.8, 4) is 5.75 Å². The molecule has 1 fully saturated rings. The minimum atomic E-state index is -0.668. The van der Waals surface area contributed by atoms with E-state index < -0.39 is 11.5 Å². The number of amides is 1. The highest BCUT2D eigenvalue weighted by molar-refractivity contribution is 14.0. The molecule has 1 amide bonds. The quantitative estimate of drug-likeness (QED) is 0.280. The predicted molar refractivity (Wildman–Crippen MR) is 127 cm³/mol. The van der Waals surface area contributed by atoms with Crippen molar-refractivity contribution in [2.75, 3.05) is 40.8 Å².